The van der Waals surface area contributed by atoms with Crippen LogP contribution < -0.4 is 15.8 Å². The summed E-state index contributed by atoms with van der Waals surface area (Å²) in [4.78, 5) is 10.8. The number of benzene rings is 1. The summed E-state index contributed by atoms with van der Waals surface area (Å²) in [5.74, 6) is 0.545. The molecule has 1 rings (SSSR count). The summed E-state index contributed by atoms with van der Waals surface area (Å²) in [5, 5.41) is 14.2. The van der Waals surface area contributed by atoms with Crippen molar-refractivity contribution in [2.24, 2.45) is 5.73 Å². The van der Waals surface area contributed by atoms with E-state index in [0.717, 1.165) is 32.1 Å². The maximum Gasteiger partial charge on any atom is 0.296 e. The number of nitro groups is 1. The first-order valence-electron chi connectivity index (χ1n) is 7.54. The summed E-state index contributed by atoms with van der Waals surface area (Å²) in [7, 11) is 0. The summed E-state index contributed by atoms with van der Waals surface area (Å²) in [6, 6.07) is 4.96. The third kappa shape index (κ3) is 6.44. The van der Waals surface area contributed by atoms with Gasteiger partial charge in [-0.1, -0.05) is 19.8 Å². The van der Waals surface area contributed by atoms with Gasteiger partial charge in [0, 0.05) is 6.54 Å². The Bertz CT molecular complexity index is 438. The molecule has 0 bridgehead atoms. The average Bonchev–Trinajstić information content (AvgIpc) is 2.48. The van der Waals surface area contributed by atoms with Crippen molar-refractivity contribution in [2.45, 2.75) is 39.0 Å². The number of nitrogens with one attached hydrogen (secondary N) is 1. The number of nitrogens with zero attached hydrogens (tertiary/aromatic N) is 1. The molecule has 0 saturated heterocycles. The van der Waals surface area contributed by atoms with Crippen LogP contribution in [0.15, 0.2) is 18.2 Å². The van der Waals surface area contributed by atoms with Gasteiger partial charge in [-0.05, 0) is 37.9 Å². The molecule has 0 atom stereocenters. The van der Waals surface area contributed by atoms with E-state index in [2.05, 4.69) is 12.2 Å². The van der Waals surface area contributed by atoms with E-state index < -0.39 is 0 Å². The molecule has 0 spiro atoms. The van der Waals surface area contributed by atoms with Crippen molar-refractivity contribution in [2.75, 3.05) is 25.0 Å². The van der Waals surface area contributed by atoms with E-state index >= 15 is 0 Å². The molecule has 0 aromatic heterocycles. The van der Waals surface area contributed by atoms with Crippen molar-refractivity contribution in [3.8, 4) is 5.75 Å². The third-order valence-corrected chi connectivity index (χ3v) is 3.13. The van der Waals surface area contributed by atoms with Crippen LogP contribution in [0.5, 0.6) is 5.75 Å². The van der Waals surface area contributed by atoms with Crippen molar-refractivity contribution in [1.29, 1.82) is 0 Å². The van der Waals surface area contributed by atoms with E-state index in [1.54, 1.807) is 12.1 Å². The van der Waals surface area contributed by atoms with Gasteiger partial charge in [-0.2, -0.15) is 0 Å². The normalized spacial score (nSPS) is 10.4. The summed E-state index contributed by atoms with van der Waals surface area (Å²) >= 11 is 0. The zero-order valence-electron chi connectivity index (χ0n) is 12.6. The Hall–Kier alpha value is -1.82. The number of unbranched alkanes of at least 4 members (excludes halogenated alkanes) is 3. The van der Waals surface area contributed by atoms with Crippen molar-refractivity contribution < 1.29 is 9.66 Å². The molecule has 21 heavy (non-hydrogen) atoms. The minimum absolute atomic E-state index is 0.0582. The molecule has 1 aromatic carbocycles. The number of anilines is 1. The number of nitrogens with two attached hydrogens (primary N) is 1. The Kier molecular flexibility index (Phi) is 8.19. The molecule has 6 heteroatoms. The monoisotopic (exact) mass is 295 g/mol. The molecule has 0 aliphatic carbocycles. The van der Waals surface area contributed by atoms with Crippen LogP contribution in [-0.4, -0.2) is 24.6 Å². The maximum atomic E-state index is 11.1. The highest BCUT2D eigenvalue weighted by atomic mass is 16.6. The Balaban J connectivity index is 2.59. The van der Waals surface area contributed by atoms with Gasteiger partial charge in [-0.25, -0.2) is 0 Å². The van der Waals surface area contributed by atoms with Crippen LogP contribution >= 0.6 is 0 Å². The van der Waals surface area contributed by atoms with Crippen LogP contribution in [0.3, 0.4) is 0 Å². The number of nitro benzene ring substituents is 1. The van der Waals surface area contributed by atoms with Crippen LogP contribution in [0.2, 0.25) is 0 Å². The first-order chi connectivity index (χ1) is 10.2. The van der Waals surface area contributed by atoms with Gasteiger partial charge in [0.25, 0.3) is 5.69 Å². The zero-order chi connectivity index (χ0) is 15.5. The van der Waals surface area contributed by atoms with Gasteiger partial charge in [0.1, 0.15) is 11.4 Å². The highest BCUT2D eigenvalue weighted by Gasteiger charge is 2.14. The SMILES string of the molecule is CCCCOc1ccc(NCCCCCN)c([N+](=O)[O-])c1. The molecule has 0 heterocycles. The number of ether oxygens (including phenoxy) is 1. The highest BCUT2D eigenvalue weighted by molar-refractivity contribution is 5.63. The molecule has 0 saturated carbocycles. The van der Waals surface area contributed by atoms with Gasteiger partial charge in [0.05, 0.1) is 17.6 Å². The van der Waals surface area contributed by atoms with Gasteiger partial charge in [-0.3, -0.25) is 10.1 Å². The van der Waals surface area contributed by atoms with Crippen molar-refractivity contribution in [3.63, 3.8) is 0 Å². The van der Waals surface area contributed by atoms with E-state index in [0.29, 0.717) is 31.1 Å². The summed E-state index contributed by atoms with van der Waals surface area (Å²) in [5.41, 5.74) is 6.02. The Morgan fingerprint density at radius 2 is 2.10 bits per heavy atom. The minimum Gasteiger partial charge on any atom is -0.493 e. The minimum atomic E-state index is -0.380. The second-order valence-electron chi connectivity index (χ2n) is 4.91. The van der Waals surface area contributed by atoms with E-state index in [1.165, 1.54) is 6.07 Å². The first-order valence-corrected chi connectivity index (χ1v) is 7.54. The first kappa shape index (κ1) is 17.2. The molecule has 0 unspecified atom stereocenters. The van der Waals surface area contributed by atoms with E-state index in [4.69, 9.17) is 10.5 Å². The molecule has 1 aromatic rings. The lowest BCUT2D eigenvalue weighted by Crippen LogP contribution is -2.06. The van der Waals surface area contributed by atoms with Gasteiger partial charge < -0.3 is 15.8 Å². The molecule has 0 fully saturated rings. The van der Waals surface area contributed by atoms with E-state index in [1.807, 2.05) is 0 Å². The van der Waals surface area contributed by atoms with Crippen molar-refractivity contribution in [3.05, 3.63) is 28.3 Å². The topological polar surface area (TPSA) is 90.4 Å². The lowest BCUT2D eigenvalue weighted by molar-refractivity contribution is -0.384. The van der Waals surface area contributed by atoms with Crippen LogP contribution in [0.4, 0.5) is 11.4 Å². The van der Waals surface area contributed by atoms with Crippen LogP contribution in [0, 0.1) is 10.1 Å². The summed E-state index contributed by atoms with van der Waals surface area (Å²) in [6.45, 7) is 4.05. The van der Waals surface area contributed by atoms with Gasteiger partial charge >= 0.3 is 0 Å². The fraction of sp³-hybridized carbons (Fsp3) is 0.600. The Morgan fingerprint density at radius 3 is 2.76 bits per heavy atom. The van der Waals surface area contributed by atoms with Crippen LogP contribution in [0.25, 0.3) is 0 Å². The smallest absolute Gasteiger partial charge is 0.296 e. The number of hydrogen-bond acceptors (Lipinski definition) is 5. The Morgan fingerprint density at radius 1 is 1.29 bits per heavy atom. The standard InChI is InChI=1S/C15H25N3O3/c1-2-3-11-21-13-7-8-14(15(12-13)18(19)20)17-10-6-4-5-9-16/h7-8,12,17H,2-6,9-11,16H2,1H3. The molecule has 118 valence electrons. The zero-order valence-corrected chi connectivity index (χ0v) is 12.6. The van der Waals surface area contributed by atoms with Crippen molar-refractivity contribution in [1.82, 2.24) is 0 Å². The maximum absolute atomic E-state index is 11.1. The largest absolute Gasteiger partial charge is 0.493 e. The lowest BCUT2D eigenvalue weighted by atomic mass is 10.2. The summed E-state index contributed by atoms with van der Waals surface area (Å²) in [6.07, 6.45) is 4.92. The predicted octanol–water partition coefficient (Wildman–Crippen LogP) is 3.31. The van der Waals surface area contributed by atoms with Crippen LogP contribution in [0.1, 0.15) is 39.0 Å². The predicted molar refractivity (Wildman–Crippen MR) is 84.9 cm³/mol. The van der Waals surface area contributed by atoms with Gasteiger partial charge in [0.15, 0.2) is 0 Å². The Labute approximate surface area is 125 Å². The molecule has 0 amide bonds. The highest BCUT2D eigenvalue weighted by Crippen LogP contribution is 2.29. The molecular weight excluding hydrogens is 270 g/mol. The molecule has 6 nitrogen and oxygen atoms in total. The fourth-order valence-corrected chi connectivity index (χ4v) is 1.91. The number of hydrogen-bond donors (Lipinski definition) is 2. The average molecular weight is 295 g/mol. The second-order valence-corrected chi connectivity index (χ2v) is 4.91. The molecular formula is C15H25N3O3. The lowest BCUT2D eigenvalue weighted by Gasteiger charge is -2.09. The quantitative estimate of drug-likeness (QED) is 0.371. The van der Waals surface area contributed by atoms with Gasteiger partial charge in [0.2, 0.25) is 0 Å². The number of rotatable bonds is 11. The fourth-order valence-electron chi connectivity index (χ4n) is 1.91. The van der Waals surface area contributed by atoms with Crippen molar-refractivity contribution >= 4 is 11.4 Å². The molecule has 3 N–H and O–H groups in total. The summed E-state index contributed by atoms with van der Waals surface area (Å²) < 4.78 is 5.50. The third-order valence-electron chi connectivity index (χ3n) is 3.13. The van der Waals surface area contributed by atoms with Crippen LogP contribution in [-0.2, 0) is 0 Å². The molecule has 0 aliphatic rings. The van der Waals surface area contributed by atoms with Gasteiger partial charge in [-0.15, -0.1) is 0 Å². The molecule has 0 radical (unpaired) electrons. The van der Waals surface area contributed by atoms with E-state index in [9.17, 15) is 10.1 Å². The second kappa shape index (κ2) is 9.99. The van der Waals surface area contributed by atoms with E-state index in [-0.39, 0.29) is 10.6 Å². The molecule has 0 aliphatic heterocycles.